The first-order chi connectivity index (χ1) is 34.2. The van der Waals surface area contributed by atoms with Crippen molar-refractivity contribution in [2.24, 2.45) is 0 Å². The lowest BCUT2D eigenvalue weighted by atomic mass is 9.67. The van der Waals surface area contributed by atoms with Gasteiger partial charge >= 0.3 is 0 Å². The monoisotopic (exact) mass is 879 g/mol. The Balaban J connectivity index is 0.923. The Kier molecular flexibility index (Phi) is 9.77. The van der Waals surface area contributed by atoms with Crippen LogP contribution >= 0.6 is 0 Å². The van der Waals surface area contributed by atoms with Crippen molar-refractivity contribution in [1.29, 1.82) is 0 Å². The second-order valence-corrected chi connectivity index (χ2v) is 18.0. The number of nitrogens with zero attached hydrogens (tertiary/aromatic N) is 1. The van der Waals surface area contributed by atoms with Crippen LogP contribution in [0, 0.1) is 0 Å². The molecule has 0 radical (unpaired) electrons. The van der Waals surface area contributed by atoms with E-state index in [-0.39, 0.29) is 0 Å². The van der Waals surface area contributed by atoms with Crippen molar-refractivity contribution in [1.82, 2.24) is 0 Å². The fraction of sp³-hybridized carbons (Fsp3) is 0.0149. The minimum Gasteiger partial charge on any atom is -0.456 e. The molecule has 0 bridgehead atoms. The van der Waals surface area contributed by atoms with Crippen molar-refractivity contribution in [3.63, 3.8) is 0 Å². The van der Waals surface area contributed by atoms with Crippen LogP contribution in [0.2, 0.25) is 0 Å². The number of anilines is 3. The summed E-state index contributed by atoms with van der Waals surface area (Å²) in [7, 11) is 0. The van der Waals surface area contributed by atoms with Gasteiger partial charge in [0.1, 0.15) is 11.2 Å². The number of hydrogen-bond acceptors (Lipinski definition) is 2. The van der Waals surface area contributed by atoms with Gasteiger partial charge in [0.2, 0.25) is 0 Å². The Hall–Kier alpha value is -8.98. The van der Waals surface area contributed by atoms with Gasteiger partial charge in [0, 0.05) is 27.7 Å². The third kappa shape index (κ3) is 6.80. The summed E-state index contributed by atoms with van der Waals surface area (Å²) in [4.78, 5) is 2.41. The Morgan fingerprint density at radius 3 is 1.58 bits per heavy atom. The molecule has 0 saturated heterocycles. The lowest BCUT2D eigenvalue weighted by Crippen LogP contribution is -2.28. The molecule has 12 aromatic rings. The highest BCUT2D eigenvalue weighted by atomic mass is 16.3. The van der Waals surface area contributed by atoms with Crippen LogP contribution in [0.1, 0.15) is 22.3 Å². The number of fused-ring (bicyclic) bond motifs is 6. The topological polar surface area (TPSA) is 16.4 Å². The van der Waals surface area contributed by atoms with E-state index in [0.29, 0.717) is 0 Å². The Morgan fingerprint density at radius 2 is 0.797 bits per heavy atom. The molecule has 0 spiro atoms. The molecule has 11 aromatic carbocycles. The van der Waals surface area contributed by atoms with E-state index >= 15 is 0 Å². The molecule has 1 aromatic heterocycles. The Labute approximate surface area is 402 Å². The van der Waals surface area contributed by atoms with Crippen LogP contribution in [0.5, 0.6) is 0 Å². The molecule has 1 heterocycles. The van der Waals surface area contributed by atoms with Crippen LogP contribution < -0.4 is 4.90 Å². The predicted molar refractivity (Wildman–Crippen MR) is 287 cm³/mol. The average molecular weight is 880 g/mol. The van der Waals surface area contributed by atoms with E-state index in [1.54, 1.807) is 0 Å². The zero-order valence-electron chi connectivity index (χ0n) is 37.8. The van der Waals surface area contributed by atoms with Gasteiger partial charge in [-0.25, -0.2) is 0 Å². The molecule has 0 fully saturated rings. The van der Waals surface area contributed by atoms with Crippen LogP contribution in [0.3, 0.4) is 0 Å². The molecular weight excluding hydrogens is 835 g/mol. The second-order valence-electron chi connectivity index (χ2n) is 18.0. The Morgan fingerprint density at radius 1 is 0.275 bits per heavy atom. The molecule has 1 aliphatic carbocycles. The second kappa shape index (κ2) is 16.7. The van der Waals surface area contributed by atoms with Gasteiger partial charge in [0.15, 0.2) is 0 Å². The van der Waals surface area contributed by atoms with Crippen molar-refractivity contribution in [3.05, 3.63) is 295 Å². The summed E-state index contributed by atoms with van der Waals surface area (Å²) in [5.41, 5.74) is 21.6. The fourth-order valence-corrected chi connectivity index (χ4v) is 11.0. The van der Waals surface area contributed by atoms with Gasteiger partial charge in [-0.3, -0.25) is 0 Å². The first kappa shape index (κ1) is 40.3. The first-order valence-corrected chi connectivity index (χ1v) is 23.7. The van der Waals surface area contributed by atoms with Crippen molar-refractivity contribution in [3.8, 4) is 55.6 Å². The summed E-state index contributed by atoms with van der Waals surface area (Å²) in [6, 6.07) is 99.3. The quantitative estimate of drug-likeness (QED) is 0.144. The van der Waals surface area contributed by atoms with Crippen LogP contribution in [-0.4, -0.2) is 0 Å². The molecule has 2 heteroatoms. The predicted octanol–water partition coefficient (Wildman–Crippen LogP) is 18.1. The van der Waals surface area contributed by atoms with Gasteiger partial charge < -0.3 is 9.32 Å². The van der Waals surface area contributed by atoms with E-state index < -0.39 is 5.41 Å². The number of furan rings is 1. The molecule has 0 aliphatic heterocycles. The standard InChI is InChI=1S/C67H45NO/c1-4-18-46(19-5-1)49-21-17-27-56(43-49)68(55-38-34-47(35-39-55)50-37-41-66-61(45-50)59-30-12-15-33-65(59)69-66)64-32-14-11-28-57(64)52-22-16-20-48(42-52)51-36-40-63-60(44-51)58-29-10-13-31-62(58)67(63,53-23-6-2-7-24-53)54-25-8-3-9-26-54/h1-45H. The molecule has 0 saturated carbocycles. The maximum atomic E-state index is 6.17. The summed E-state index contributed by atoms with van der Waals surface area (Å²) in [5, 5.41) is 2.26. The Bertz CT molecular complexity index is 3790. The average Bonchev–Trinajstić information content (AvgIpc) is 3.95. The zero-order valence-corrected chi connectivity index (χ0v) is 37.8. The van der Waals surface area contributed by atoms with Crippen molar-refractivity contribution < 1.29 is 4.42 Å². The molecule has 1 aliphatic rings. The molecule has 2 nitrogen and oxygen atoms in total. The lowest BCUT2D eigenvalue weighted by molar-refractivity contribution is 0.669. The molecule has 69 heavy (non-hydrogen) atoms. The van der Waals surface area contributed by atoms with Crippen molar-refractivity contribution in [2.45, 2.75) is 5.41 Å². The summed E-state index contributed by atoms with van der Waals surface area (Å²) in [5.74, 6) is 0. The molecule has 0 unspecified atom stereocenters. The fourth-order valence-electron chi connectivity index (χ4n) is 11.0. The largest absolute Gasteiger partial charge is 0.456 e. The first-order valence-electron chi connectivity index (χ1n) is 23.7. The number of benzene rings is 11. The van der Waals surface area contributed by atoms with Gasteiger partial charge in [-0.2, -0.15) is 0 Å². The SMILES string of the molecule is c1ccc(-c2cccc(N(c3ccc(-c4ccc5oc6ccccc6c5c4)cc3)c3ccccc3-c3cccc(-c4ccc5c(c4)-c4ccccc4C5(c4ccccc4)c4ccccc4)c3)c2)cc1. The number of hydrogen-bond donors (Lipinski definition) is 0. The highest BCUT2D eigenvalue weighted by Crippen LogP contribution is 2.57. The van der Waals surface area contributed by atoms with Crippen LogP contribution in [-0.2, 0) is 5.41 Å². The lowest BCUT2D eigenvalue weighted by Gasteiger charge is -2.33. The highest BCUT2D eigenvalue weighted by Gasteiger charge is 2.46. The van der Waals surface area contributed by atoms with E-state index in [4.69, 9.17) is 4.42 Å². The molecule has 0 atom stereocenters. The summed E-state index contributed by atoms with van der Waals surface area (Å²) in [6.45, 7) is 0. The maximum absolute atomic E-state index is 6.17. The van der Waals surface area contributed by atoms with E-state index in [1.165, 1.54) is 50.1 Å². The third-order valence-electron chi connectivity index (χ3n) is 14.2. The van der Waals surface area contributed by atoms with Gasteiger partial charge in [-0.05, 0) is 133 Å². The molecule has 0 amide bonds. The smallest absolute Gasteiger partial charge is 0.135 e. The summed E-state index contributed by atoms with van der Waals surface area (Å²) < 4.78 is 6.17. The minimum atomic E-state index is -0.435. The van der Waals surface area contributed by atoms with Crippen LogP contribution in [0.15, 0.2) is 277 Å². The van der Waals surface area contributed by atoms with E-state index in [9.17, 15) is 0 Å². The molecular formula is C67H45NO. The molecule has 324 valence electrons. The zero-order chi connectivity index (χ0) is 45.7. The molecule has 13 rings (SSSR count). The van der Waals surface area contributed by atoms with E-state index in [0.717, 1.165) is 66.8 Å². The highest BCUT2D eigenvalue weighted by molar-refractivity contribution is 6.06. The van der Waals surface area contributed by atoms with E-state index in [2.05, 4.69) is 266 Å². The van der Waals surface area contributed by atoms with Crippen LogP contribution in [0.4, 0.5) is 17.1 Å². The summed E-state index contributed by atoms with van der Waals surface area (Å²) >= 11 is 0. The van der Waals surface area contributed by atoms with Gasteiger partial charge in [-0.1, -0.05) is 212 Å². The van der Waals surface area contributed by atoms with E-state index in [1.807, 2.05) is 12.1 Å². The third-order valence-corrected chi connectivity index (χ3v) is 14.2. The van der Waals surface area contributed by atoms with Gasteiger partial charge in [0.25, 0.3) is 0 Å². The normalized spacial score (nSPS) is 12.5. The summed E-state index contributed by atoms with van der Waals surface area (Å²) in [6.07, 6.45) is 0. The number of para-hydroxylation sites is 2. The van der Waals surface area contributed by atoms with Gasteiger partial charge in [-0.15, -0.1) is 0 Å². The maximum Gasteiger partial charge on any atom is 0.135 e. The molecule has 0 N–H and O–H groups in total. The van der Waals surface area contributed by atoms with Crippen molar-refractivity contribution >= 4 is 39.0 Å². The number of rotatable bonds is 9. The van der Waals surface area contributed by atoms with Crippen LogP contribution in [0.25, 0.3) is 77.6 Å². The van der Waals surface area contributed by atoms with Crippen molar-refractivity contribution in [2.75, 3.05) is 4.90 Å². The van der Waals surface area contributed by atoms with Gasteiger partial charge in [0.05, 0.1) is 11.1 Å². The minimum absolute atomic E-state index is 0.435.